The van der Waals surface area contributed by atoms with Gasteiger partial charge in [0.2, 0.25) is 0 Å². The average molecular weight is 360 g/mol. The van der Waals surface area contributed by atoms with Crippen LogP contribution in [0, 0.1) is 11.8 Å². The van der Waals surface area contributed by atoms with Crippen molar-refractivity contribution >= 4 is 18.0 Å². The molecule has 0 aromatic heterocycles. The van der Waals surface area contributed by atoms with E-state index in [9.17, 15) is 9.59 Å². The average Bonchev–Trinajstić information content (AvgIpc) is 2.51. The highest BCUT2D eigenvalue weighted by molar-refractivity contribution is 6.17. The lowest BCUT2D eigenvalue weighted by atomic mass is 10.1. The van der Waals surface area contributed by atoms with Crippen molar-refractivity contribution in [1.29, 1.82) is 0 Å². The summed E-state index contributed by atoms with van der Waals surface area (Å²) < 4.78 is 10.9. The van der Waals surface area contributed by atoms with Crippen LogP contribution in [0.15, 0.2) is 35.9 Å². The molecular formula is C22H32O4. The Hall–Kier alpha value is -2.10. The first-order chi connectivity index (χ1) is 12.2. The van der Waals surface area contributed by atoms with E-state index in [1.165, 1.54) is 6.08 Å². The Bertz CT molecular complexity index is 570. The van der Waals surface area contributed by atoms with Crippen molar-refractivity contribution < 1.29 is 19.1 Å². The molecule has 2 atom stereocenters. The minimum atomic E-state index is -0.635. The normalized spacial score (nSPS) is 13.2. The van der Waals surface area contributed by atoms with E-state index in [1.54, 1.807) is 0 Å². The Morgan fingerprint density at radius 1 is 0.808 bits per heavy atom. The molecule has 0 aliphatic heterocycles. The molecule has 0 spiro atoms. The van der Waals surface area contributed by atoms with Gasteiger partial charge in [-0.1, -0.05) is 58.0 Å². The Labute approximate surface area is 157 Å². The van der Waals surface area contributed by atoms with Crippen LogP contribution in [0.1, 0.15) is 59.9 Å². The minimum absolute atomic E-state index is 0.0672. The van der Waals surface area contributed by atoms with E-state index in [0.717, 1.165) is 18.4 Å². The van der Waals surface area contributed by atoms with E-state index in [2.05, 4.69) is 27.7 Å². The number of rotatable bonds is 9. The highest BCUT2D eigenvalue weighted by atomic mass is 16.6. The monoisotopic (exact) mass is 360 g/mol. The highest BCUT2D eigenvalue weighted by Crippen LogP contribution is 2.16. The molecule has 0 radical (unpaired) electrons. The van der Waals surface area contributed by atoms with E-state index in [-0.39, 0.29) is 17.8 Å². The zero-order valence-electron chi connectivity index (χ0n) is 16.8. The van der Waals surface area contributed by atoms with Gasteiger partial charge in [0.25, 0.3) is 0 Å². The van der Waals surface area contributed by atoms with Gasteiger partial charge in [0, 0.05) is 0 Å². The molecular weight excluding hydrogens is 328 g/mol. The van der Waals surface area contributed by atoms with E-state index in [1.807, 2.05) is 44.2 Å². The van der Waals surface area contributed by atoms with Gasteiger partial charge >= 0.3 is 11.9 Å². The zero-order chi connectivity index (χ0) is 19.7. The van der Waals surface area contributed by atoms with Gasteiger partial charge < -0.3 is 9.47 Å². The summed E-state index contributed by atoms with van der Waals surface area (Å²) in [5.74, 6) is -0.470. The summed E-state index contributed by atoms with van der Waals surface area (Å²) in [5, 5.41) is 0. The van der Waals surface area contributed by atoms with Crippen LogP contribution in [-0.4, -0.2) is 24.1 Å². The first-order valence-electron chi connectivity index (χ1n) is 9.37. The van der Waals surface area contributed by atoms with Crippen LogP contribution in [0.4, 0.5) is 0 Å². The maximum atomic E-state index is 12.6. The van der Waals surface area contributed by atoms with Crippen LogP contribution in [0.25, 0.3) is 6.08 Å². The van der Waals surface area contributed by atoms with Gasteiger partial charge in [-0.25, -0.2) is 9.59 Å². The van der Waals surface area contributed by atoms with Crippen molar-refractivity contribution in [2.75, 3.05) is 0 Å². The predicted molar refractivity (Wildman–Crippen MR) is 104 cm³/mol. The molecule has 0 bridgehead atoms. The van der Waals surface area contributed by atoms with Crippen LogP contribution in [0.5, 0.6) is 0 Å². The van der Waals surface area contributed by atoms with E-state index >= 15 is 0 Å². The van der Waals surface area contributed by atoms with Gasteiger partial charge in [-0.3, -0.25) is 0 Å². The summed E-state index contributed by atoms with van der Waals surface area (Å²) in [5.41, 5.74) is 0.687. The van der Waals surface area contributed by atoms with Crippen LogP contribution < -0.4 is 0 Å². The van der Waals surface area contributed by atoms with Crippen molar-refractivity contribution in [1.82, 2.24) is 0 Å². The molecule has 4 heteroatoms. The summed E-state index contributed by atoms with van der Waals surface area (Å²) >= 11 is 0. The van der Waals surface area contributed by atoms with Gasteiger partial charge in [0.1, 0.15) is 5.57 Å². The molecule has 2 unspecified atom stereocenters. The van der Waals surface area contributed by atoms with Gasteiger partial charge in [0.15, 0.2) is 0 Å². The Kier molecular flexibility index (Phi) is 9.11. The topological polar surface area (TPSA) is 52.6 Å². The van der Waals surface area contributed by atoms with Crippen LogP contribution in [0.3, 0.4) is 0 Å². The standard InChI is InChI=1S/C22H32O4/c1-15(2)12-17(5)25-21(23)20(14-19-10-8-7-9-11-19)22(24)26-18(6)13-16(3)4/h7-11,14-18H,12-13H2,1-6H3. The number of carbonyl (C=O) groups excluding carboxylic acids is 2. The summed E-state index contributed by atoms with van der Waals surface area (Å²) in [4.78, 5) is 25.2. The lowest BCUT2D eigenvalue weighted by Gasteiger charge is -2.18. The van der Waals surface area contributed by atoms with Gasteiger partial charge in [-0.2, -0.15) is 0 Å². The molecule has 0 heterocycles. The second kappa shape index (κ2) is 10.8. The highest BCUT2D eigenvalue weighted by Gasteiger charge is 2.25. The van der Waals surface area contributed by atoms with Gasteiger partial charge in [-0.15, -0.1) is 0 Å². The van der Waals surface area contributed by atoms with Crippen molar-refractivity contribution in [2.24, 2.45) is 11.8 Å². The summed E-state index contributed by atoms with van der Waals surface area (Å²) in [6, 6.07) is 9.24. The van der Waals surface area contributed by atoms with Crippen LogP contribution in [0.2, 0.25) is 0 Å². The molecule has 1 aromatic carbocycles. The first kappa shape index (κ1) is 21.9. The molecule has 26 heavy (non-hydrogen) atoms. The van der Waals surface area contributed by atoms with E-state index in [0.29, 0.717) is 11.8 Å². The summed E-state index contributed by atoms with van der Waals surface area (Å²) in [7, 11) is 0. The van der Waals surface area contributed by atoms with Crippen LogP contribution in [-0.2, 0) is 19.1 Å². The quantitative estimate of drug-likeness (QED) is 0.268. The number of carbonyl (C=O) groups is 2. The minimum Gasteiger partial charge on any atom is -0.459 e. The molecule has 144 valence electrons. The van der Waals surface area contributed by atoms with Gasteiger partial charge in [0.05, 0.1) is 12.2 Å². The maximum absolute atomic E-state index is 12.6. The maximum Gasteiger partial charge on any atom is 0.345 e. The first-order valence-corrected chi connectivity index (χ1v) is 9.37. The summed E-state index contributed by atoms with van der Waals surface area (Å²) in [6.07, 6.45) is 2.49. The molecule has 0 N–H and O–H groups in total. The zero-order valence-corrected chi connectivity index (χ0v) is 16.8. The predicted octanol–water partition coefficient (Wildman–Crippen LogP) is 5.03. The SMILES string of the molecule is CC(C)CC(C)OC(=O)C(=Cc1ccccc1)C(=O)OC(C)CC(C)C. The lowest BCUT2D eigenvalue weighted by Crippen LogP contribution is -2.25. The molecule has 0 saturated carbocycles. The van der Waals surface area contributed by atoms with Crippen molar-refractivity contribution in [3.8, 4) is 0 Å². The van der Waals surface area contributed by atoms with E-state index in [4.69, 9.17) is 9.47 Å². The number of esters is 2. The number of ether oxygens (including phenoxy) is 2. The van der Waals surface area contributed by atoms with Crippen molar-refractivity contribution in [2.45, 2.75) is 66.6 Å². The second-order valence-electron chi connectivity index (χ2n) is 7.66. The van der Waals surface area contributed by atoms with E-state index < -0.39 is 11.9 Å². The molecule has 1 rings (SSSR count). The smallest absolute Gasteiger partial charge is 0.345 e. The Morgan fingerprint density at radius 3 is 1.62 bits per heavy atom. The van der Waals surface area contributed by atoms with Crippen molar-refractivity contribution in [3.05, 3.63) is 41.5 Å². The van der Waals surface area contributed by atoms with Crippen molar-refractivity contribution in [3.63, 3.8) is 0 Å². The summed E-state index contributed by atoms with van der Waals surface area (Å²) in [6.45, 7) is 11.9. The molecule has 0 aliphatic carbocycles. The Balaban J connectivity index is 2.97. The molecule has 0 amide bonds. The number of hydrogen-bond donors (Lipinski definition) is 0. The lowest BCUT2D eigenvalue weighted by molar-refractivity contribution is -0.152. The fraction of sp³-hybridized carbons (Fsp3) is 0.545. The third kappa shape index (κ3) is 8.32. The molecule has 4 nitrogen and oxygen atoms in total. The molecule has 1 aromatic rings. The largest absolute Gasteiger partial charge is 0.459 e. The number of hydrogen-bond acceptors (Lipinski definition) is 4. The second-order valence-corrected chi connectivity index (χ2v) is 7.66. The molecule has 0 aliphatic rings. The molecule has 0 saturated heterocycles. The fourth-order valence-corrected chi connectivity index (χ4v) is 2.83. The third-order valence-electron chi connectivity index (χ3n) is 3.77. The number of benzene rings is 1. The Morgan fingerprint density at radius 2 is 1.23 bits per heavy atom. The third-order valence-corrected chi connectivity index (χ3v) is 3.77. The van der Waals surface area contributed by atoms with Gasteiger partial charge in [-0.05, 0) is 50.2 Å². The van der Waals surface area contributed by atoms with Crippen LogP contribution >= 0.6 is 0 Å². The molecule has 0 fully saturated rings. The fourth-order valence-electron chi connectivity index (χ4n) is 2.83.